The van der Waals surface area contributed by atoms with Crippen molar-refractivity contribution < 1.29 is 23.0 Å². The number of amides is 1. The van der Waals surface area contributed by atoms with Gasteiger partial charge in [-0.1, -0.05) is 0 Å². The van der Waals surface area contributed by atoms with Gasteiger partial charge in [-0.05, 0) is 50.2 Å². The smallest absolute Gasteiger partial charge is 0.412 e. The molecule has 3 atom stereocenters. The number of guanidine groups is 1. The summed E-state index contributed by atoms with van der Waals surface area (Å²) in [6.45, 7) is 7.35. The fourth-order valence-electron chi connectivity index (χ4n) is 5.94. The third kappa shape index (κ3) is 3.98. The normalized spacial score (nSPS) is 25.1. The molecule has 206 valence electrons. The van der Waals surface area contributed by atoms with E-state index < -0.39 is 29.4 Å². The molecule has 0 bridgehead atoms. The van der Waals surface area contributed by atoms with E-state index in [-0.39, 0.29) is 45.1 Å². The number of likely N-dealkylation sites (tertiary alicyclic amines) is 1. The summed E-state index contributed by atoms with van der Waals surface area (Å²) in [6, 6.07) is 1.15. The van der Waals surface area contributed by atoms with E-state index in [1.807, 2.05) is 0 Å². The van der Waals surface area contributed by atoms with Crippen LogP contribution in [0.2, 0.25) is 0 Å². The number of carbonyl (C=O) groups is 1. The van der Waals surface area contributed by atoms with Crippen molar-refractivity contribution in [1.82, 2.24) is 15.2 Å². The van der Waals surface area contributed by atoms with Gasteiger partial charge in [0.2, 0.25) is 0 Å². The van der Waals surface area contributed by atoms with Gasteiger partial charge in [-0.2, -0.15) is 5.26 Å². The van der Waals surface area contributed by atoms with Crippen LogP contribution in [0.25, 0.3) is 15.7 Å². The predicted octanol–water partition coefficient (Wildman–Crippen LogP) is 4.84. The number of thiophene rings is 1. The molecule has 0 aromatic carbocycles. The number of pyridine rings is 1. The quantitative estimate of drug-likeness (QED) is 0.537. The lowest BCUT2D eigenvalue weighted by Gasteiger charge is -2.32. The highest BCUT2D eigenvalue weighted by atomic mass is 32.1. The summed E-state index contributed by atoms with van der Waals surface area (Å²) >= 11 is 0.881. The maximum absolute atomic E-state index is 16.6. The minimum absolute atomic E-state index is 0.0126. The first-order valence-corrected chi connectivity index (χ1v) is 14.0. The number of nitriles is 1. The number of nitrogens with one attached hydrogen (secondary N) is 2. The van der Waals surface area contributed by atoms with Crippen molar-refractivity contribution in [2.45, 2.75) is 38.8 Å². The Bertz CT molecular complexity index is 1650. The molecule has 7 rings (SSSR count). The standard InChI is InChI=1S/C28H26F2N6O3S/c1-28(2,3)39-27(37)35-25-14(5-31)20-23(32-7-18(29)24(20)40-25)19-17-11-38-10-16(17)15-6-33-26(34-22(15)21(19)30)36-8-12-4-13(12)9-36/h6-7,12-13,22H,4,8-11H2,1-3H3,(H,33,34)(H,35,37). The molecule has 2 aromatic heterocycles. The molecule has 5 heterocycles. The molecular weight excluding hydrogens is 538 g/mol. The highest BCUT2D eigenvalue weighted by Gasteiger charge is 2.47. The summed E-state index contributed by atoms with van der Waals surface area (Å²) < 4.78 is 42.8. The number of hydrogen-bond acceptors (Lipinski definition) is 9. The van der Waals surface area contributed by atoms with Crippen LogP contribution in [0.15, 0.2) is 39.9 Å². The molecule has 9 nitrogen and oxygen atoms in total. The van der Waals surface area contributed by atoms with Crippen molar-refractivity contribution in [2.24, 2.45) is 16.8 Å². The highest BCUT2D eigenvalue weighted by Crippen LogP contribution is 2.49. The number of aliphatic imine (C=N–C) groups is 1. The van der Waals surface area contributed by atoms with E-state index in [1.165, 1.54) is 6.42 Å². The first-order chi connectivity index (χ1) is 19.1. The molecule has 2 N–H and O–H groups in total. The zero-order valence-electron chi connectivity index (χ0n) is 22.1. The van der Waals surface area contributed by atoms with E-state index in [1.54, 1.807) is 27.0 Å². The van der Waals surface area contributed by atoms with Crippen molar-refractivity contribution in [3.63, 3.8) is 0 Å². The van der Waals surface area contributed by atoms with Gasteiger partial charge in [0.25, 0.3) is 0 Å². The van der Waals surface area contributed by atoms with Gasteiger partial charge in [0.1, 0.15) is 28.5 Å². The molecular formula is C28H26F2N6O3S. The highest BCUT2D eigenvalue weighted by molar-refractivity contribution is 7.23. The Kier molecular flexibility index (Phi) is 5.56. The maximum Gasteiger partial charge on any atom is 0.412 e. The Morgan fingerprint density at radius 2 is 2.02 bits per heavy atom. The number of ether oxygens (including phenoxy) is 2. The summed E-state index contributed by atoms with van der Waals surface area (Å²) in [5.41, 5.74) is 1.59. The van der Waals surface area contributed by atoms with Crippen LogP contribution in [-0.2, 0) is 9.47 Å². The third-order valence-electron chi connectivity index (χ3n) is 7.80. The molecule has 3 aliphatic heterocycles. The lowest BCUT2D eigenvalue weighted by Crippen LogP contribution is -2.43. The number of rotatable bonds is 2. The Labute approximate surface area is 232 Å². The second-order valence-electron chi connectivity index (χ2n) is 11.6. The van der Waals surface area contributed by atoms with Crippen LogP contribution in [0.5, 0.6) is 0 Å². The number of aromatic nitrogens is 1. The van der Waals surface area contributed by atoms with E-state index in [2.05, 4.69) is 26.6 Å². The second kappa shape index (κ2) is 8.84. The lowest BCUT2D eigenvalue weighted by molar-refractivity contribution is 0.0636. The van der Waals surface area contributed by atoms with Gasteiger partial charge < -0.3 is 19.7 Å². The summed E-state index contributed by atoms with van der Waals surface area (Å²) in [5, 5.41) is 16.2. The van der Waals surface area contributed by atoms with Crippen LogP contribution < -0.4 is 10.6 Å². The number of halogens is 2. The Morgan fingerprint density at radius 3 is 2.75 bits per heavy atom. The van der Waals surface area contributed by atoms with Gasteiger partial charge in [0, 0.05) is 35.8 Å². The maximum atomic E-state index is 16.6. The molecule has 1 saturated carbocycles. The average molecular weight is 565 g/mol. The van der Waals surface area contributed by atoms with Crippen LogP contribution in [0.4, 0.5) is 18.6 Å². The molecule has 12 heteroatoms. The second-order valence-corrected chi connectivity index (χ2v) is 12.7. The van der Waals surface area contributed by atoms with E-state index >= 15 is 8.78 Å². The van der Waals surface area contributed by atoms with Gasteiger partial charge >= 0.3 is 6.09 Å². The van der Waals surface area contributed by atoms with E-state index in [4.69, 9.17) is 14.5 Å². The van der Waals surface area contributed by atoms with Crippen molar-refractivity contribution in [2.75, 3.05) is 31.6 Å². The zero-order chi connectivity index (χ0) is 27.9. The van der Waals surface area contributed by atoms with Crippen LogP contribution in [0.3, 0.4) is 0 Å². The number of fused-ring (bicyclic) bond motifs is 4. The Balaban J connectivity index is 1.35. The van der Waals surface area contributed by atoms with Crippen molar-refractivity contribution >= 4 is 44.0 Å². The molecule has 5 aliphatic rings. The van der Waals surface area contributed by atoms with Crippen LogP contribution in [-0.4, -0.2) is 59.9 Å². The monoisotopic (exact) mass is 564 g/mol. The summed E-state index contributed by atoms with van der Waals surface area (Å²) in [5.74, 6) is 0.779. The average Bonchev–Trinajstić information content (AvgIpc) is 3.26. The topological polar surface area (TPSA) is 112 Å². The molecule has 1 saturated heterocycles. The summed E-state index contributed by atoms with van der Waals surface area (Å²) in [6.07, 6.45) is 3.27. The van der Waals surface area contributed by atoms with Gasteiger partial charge in [-0.25, -0.2) is 18.6 Å². The summed E-state index contributed by atoms with van der Waals surface area (Å²) in [4.78, 5) is 23.7. The summed E-state index contributed by atoms with van der Waals surface area (Å²) in [7, 11) is 0. The molecule has 1 amide bonds. The SMILES string of the molecule is CC(C)(C)OC(=O)Nc1sc2c(F)cnc(C3=C(F)C4N=C(N5CC6CC6C5)NC=C4C4=C3COC4)c2c1C#N. The molecule has 0 spiro atoms. The lowest BCUT2D eigenvalue weighted by atomic mass is 9.82. The Morgan fingerprint density at radius 1 is 1.27 bits per heavy atom. The molecule has 40 heavy (non-hydrogen) atoms. The number of anilines is 1. The molecule has 0 radical (unpaired) electrons. The van der Waals surface area contributed by atoms with E-state index in [0.717, 1.165) is 36.2 Å². The predicted molar refractivity (Wildman–Crippen MR) is 146 cm³/mol. The van der Waals surface area contributed by atoms with Gasteiger partial charge in [0.05, 0.1) is 35.4 Å². The van der Waals surface area contributed by atoms with Crippen LogP contribution in [0, 0.1) is 29.0 Å². The fraction of sp³-hybridized carbons (Fsp3) is 0.429. The van der Waals surface area contributed by atoms with Crippen LogP contribution in [0.1, 0.15) is 38.4 Å². The zero-order valence-corrected chi connectivity index (χ0v) is 22.9. The van der Waals surface area contributed by atoms with Gasteiger partial charge in [-0.15, -0.1) is 11.3 Å². The van der Waals surface area contributed by atoms with Gasteiger partial charge in [0.15, 0.2) is 11.8 Å². The molecule has 2 aromatic rings. The number of piperidine rings is 1. The largest absolute Gasteiger partial charge is 0.444 e. The first-order valence-electron chi connectivity index (χ1n) is 13.1. The van der Waals surface area contributed by atoms with Crippen molar-refractivity contribution in [1.29, 1.82) is 5.26 Å². The fourth-order valence-corrected chi connectivity index (χ4v) is 6.98. The molecule has 2 aliphatic carbocycles. The van der Waals surface area contributed by atoms with E-state index in [0.29, 0.717) is 28.9 Å². The van der Waals surface area contributed by atoms with Gasteiger partial charge in [-0.3, -0.25) is 10.3 Å². The van der Waals surface area contributed by atoms with E-state index in [9.17, 15) is 10.1 Å². The molecule has 2 fully saturated rings. The number of nitrogens with zero attached hydrogens (tertiary/aromatic N) is 4. The van der Waals surface area contributed by atoms with Crippen molar-refractivity contribution in [3.05, 3.63) is 52.0 Å². The minimum atomic E-state index is -0.908. The Hall–Kier alpha value is -3.82. The number of carbonyl (C=O) groups excluding carboxylic acids is 1. The first kappa shape index (κ1) is 25.2. The van der Waals surface area contributed by atoms with Crippen molar-refractivity contribution in [3.8, 4) is 6.07 Å². The molecule has 3 unspecified atom stereocenters. The number of hydrogen-bond donors (Lipinski definition) is 2. The third-order valence-corrected chi connectivity index (χ3v) is 8.91. The van der Waals surface area contributed by atoms with Crippen LogP contribution >= 0.6 is 11.3 Å². The minimum Gasteiger partial charge on any atom is -0.444 e.